The molecule has 2 heterocycles. The fraction of sp³-hybridized carbons (Fsp3) is 0.846. The van der Waals surface area contributed by atoms with Crippen molar-refractivity contribution < 1.29 is 14.3 Å². The van der Waals surface area contributed by atoms with Crippen molar-refractivity contribution in [1.82, 2.24) is 9.80 Å². The van der Waals surface area contributed by atoms with Gasteiger partial charge >= 0.3 is 0 Å². The van der Waals surface area contributed by atoms with Crippen LogP contribution in [0.25, 0.3) is 0 Å². The van der Waals surface area contributed by atoms with Crippen molar-refractivity contribution in [3.05, 3.63) is 0 Å². The van der Waals surface area contributed by atoms with E-state index in [1.165, 1.54) is 0 Å². The highest BCUT2D eigenvalue weighted by Crippen LogP contribution is 2.29. The smallest absolute Gasteiger partial charge is 0.247 e. The first-order chi connectivity index (χ1) is 8.77. The summed E-state index contributed by atoms with van der Waals surface area (Å²) in [6.07, 6.45) is 4.64. The van der Waals surface area contributed by atoms with Gasteiger partial charge in [0.25, 0.3) is 0 Å². The Morgan fingerprint density at radius 3 is 2.39 bits per heavy atom. The molecule has 100 valence electrons. The van der Waals surface area contributed by atoms with Crippen LogP contribution in [0.1, 0.15) is 32.1 Å². The topological polar surface area (TPSA) is 49.9 Å². The molecule has 3 rings (SSSR count). The summed E-state index contributed by atoms with van der Waals surface area (Å²) in [7, 11) is 0. The van der Waals surface area contributed by atoms with Gasteiger partial charge in [-0.1, -0.05) is 12.8 Å². The molecule has 2 saturated heterocycles. The van der Waals surface area contributed by atoms with Crippen LogP contribution in [0.4, 0.5) is 0 Å². The molecule has 18 heavy (non-hydrogen) atoms. The molecular formula is C13H20N2O3. The first kappa shape index (κ1) is 12.1. The molecule has 0 bridgehead atoms. The fourth-order valence-electron chi connectivity index (χ4n) is 3.35. The lowest BCUT2D eigenvalue weighted by Crippen LogP contribution is -2.48. The number of morpholine rings is 1. The molecule has 0 aromatic carbocycles. The summed E-state index contributed by atoms with van der Waals surface area (Å²) in [5, 5.41) is 0. The van der Waals surface area contributed by atoms with Gasteiger partial charge in [0.05, 0.1) is 25.7 Å². The molecule has 5 nitrogen and oxygen atoms in total. The van der Waals surface area contributed by atoms with Crippen molar-refractivity contribution in [2.75, 3.05) is 26.3 Å². The van der Waals surface area contributed by atoms with E-state index in [2.05, 4.69) is 4.90 Å². The van der Waals surface area contributed by atoms with Crippen molar-refractivity contribution in [3.8, 4) is 0 Å². The first-order valence-corrected chi connectivity index (χ1v) is 6.95. The Morgan fingerprint density at radius 1 is 1.06 bits per heavy atom. The number of nitrogens with zero attached hydrogens (tertiary/aromatic N) is 2. The van der Waals surface area contributed by atoms with Gasteiger partial charge in [0.15, 0.2) is 0 Å². The standard InChI is InChI=1S/C13H20N2O3/c16-12-9-11(14-5-7-18-8-6-14)13(17)15(12)10-3-1-2-4-10/h10-11H,1-9H2. The molecule has 0 aromatic heterocycles. The summed E-state index contributed by atoms with van der Waals surface area (Å²) in [5.74, 6) is 0.0668. The van der Waals surface area contributed by atoms with Gasteiger partial charge in [0.1, 0.15) is 0 Å². The third-order valence-electron chi connectivity index (χ3n) is 4.34. The minimum absolute atomic E-state index is 0.0309. The van der Waals surface area contributed by atoms with Gasteiger partial charge in [-0.05, 0) is 12.8 Å². The van der Waals surface area contributed by atoms with Gasteiger partial charge in [-0.15, -0.1) is 0 Å². The van der Waals surface area contributed by atoms with E-state index in [4.69, 9.17) is 4.74 Å². The number of likely N-dealkylation sites (tertiary alicyclic amines) is 1. The third kappa shape index (κ3) is 2.06. The van der Waals surface area contributed by atoms with E-state index in [0.29, 0.717) is 19.6 Å². The Labute approximate surface area is 107 Å². The first-order valence-electron chi connectivity index (χ1n) is 6.95. The van der Waals surface area contributed by atoms with E-state index in [-0.39, 0.29) is 23.9 Å². The van der Waals surface area contributed by atoms with Gasteiger partial charge in [0, 0.05) is 19.1 Å². The van der Waals surface area contributed by atoms with Gasteiger partial charge in [-0.25, -0.2) is 0 Å². The predicted octanol–water partition coefficient (Wildman–Crippen LogP) is 0.389. The third-order valence-corrected chi connectivity index (χ3v) is 4.34. The maximum atomic E-state index is 12.4. The second kappa shape index (κ2) is 4.97. The van der Waals surface area contributed by atoms with Crippen molar-refractivity contribution in [2.45, 2.75) is 44.2 Å². The fourth-order valence-corrected chi connectivity index (χ4v) is 3.35. The van der Waals surface area contributed by atoms with Crippen LogP contribution in [-0.4, -0.2) is 60.0 Å². The lowest BCUT2D eigenvalue weighted by atomic mass is 10.2. The van der Waals surface area contributed by atoms with Crippen LogP contribution in [0.5, 0.6) is 0 Å². The van der Waals surface area contributed by atoms with Gasteiger partial charge in [-0.2, -0.15) is 0 Å². The zero-order valence-corrected chi connectivity index (χ0v) is 10.6. The summed E-state index contributed by atoms with van der Waals surface area (Å²) in [6.45, 7) is 2.87. The van der Waals surface area contributed by atoms with Crippen LogP contribution >= 0.6 is 0 Å². The second-order valence-corrected chi connectivity index (χ2v) is 5.41. The highest BCUT2D eigenvalue weighted by molar-refractivity contribution is 6.05. The van der Waals surface area contributed by atoms with E-state index in [1.54, 1.807) is 4.90 Å². The van der Waals surface area contributed by atoms with Crippen molar-refractivity contribution in [2.24, 2.45) is 0 Å². The number of rotatable bonds is 2. The number of carbonyl (C=O) groups excluding carboxylic acids is 2. The number of hydrogen-bond donors (Lipinski definition) is 0. The van der Waals surface area contributed by atoms with E-state index >= 15 is 0 Å². The monoisotopic (exact) mass is 252 g/mol. The van der Waals surface area contributed by atoms with Crippen LogP contribution < -0.4 is 0 Å². The van der Waals surface area contributed by atoms with Gasteiger partial charge < -0.3 is 4.74 Å². The van der Waals surface area contributed by atoms with Crippen molar-refractivity contribution in [3.63, 3.8) is 0 Å². The Hall–Kier alpha value is -0.940. The summed E-state index contributed by atoms with van der Waals surface area (Å²) >= 11 is 0. The minimum atomic E-state index is -0.220. The number of ether oxygens (including phenoxy) is 1. The Balaban J connectivity index is 1.71. The molecule has 0 spiro atoms. The van der Waals surface area contributed by atoms with Gasteiger partial charge in [0.2, 0.25) is 11.8 Å². The summed E-state index contributed by atoms with van der Waals surface area (Å²) in [5.41, 5.74) is 0. The zero-order valence-electron chi connectivity index (χ0n) is 10.6. The van der Waals surface area contributed by atoms with E-state index in [9.17, 15) is 9.59 Å². The molecule has 5 heteroatoms. The largest absolute Gasteiger partial charge is 0.379 e. The Morgan fingerprint density at radius 2 is 1.72 bits per heavy atom. The maximum absolute atomic E-state index is 12.4. The molecule has 0 radical (unpaired) electrons. The quantitative estimate of drug-likeness (QED) is 0.667. The zero-order chi connectivity index (χ0) is 12.5. The molecule has 1 aliphatic carbocycles. The molecule has 2 amide bonds. The van der Waals surface area contributed by atoms with Crippen molar-refractivity contribution >= 4 is 11.8 Å². The number of amides is 2. The average molecular weight is 252 g/mol. The Bertz CT molecular complexity index is 346. The maximum Gasteiger partial charge on any atom is 0.247 e. The second-order valence-electron chi connectivity index (χ2n) is 5.41. The molecule has 1 unspecified atom stereocenters. The molecule has 1 saturated carbocycles. The van der Waals surface area contributed by atoms with E-state index in [0.717, 1.165) is 38.8 Å². The summed E-state index contributed by atoms with van der Waals surface area (Å²) in [6, 6.07) is -0.0435. The lowest BCUT2D eigenvalue weighted by Gasteiger charge is -2.31. The van der Waals surface area contributed by atoms with Crippen LogP contribution in [0, 0.1) is 0 Å². The highest BCUT2D eigenvalue weighted by atomic mass is 16.5. The number of carbonyl (C=O) groups is 2. The van der Waals surface area contributed by atoms with Crippen LogP contribution in [0.15, 0.2) is 0 Å². The number of imide groups is 1. The SMILES string of the molecule is O=C1CC(N2CCOCC2)C(=O)N1C1CCCC1. The summed E-state index contributed by atoms with van der Waals surface area (Å²) in [4.78, 5) is 28.2. The number of hydrogen-bond acceptors (Lipinski definition) is 4. The molecule has 0 aromatic rings. The molecule has 0 N–H and O–H groups in total. The van der Waals surface area contributed by atoms with E-state index < -0.39 is 0 Å². The lowest BCUT2D eigenvalue weighted by molar-refractivity contribution is -0.142. The van der Waals surface area contributed by atoms with Crippen LogP contribution in [0.2, 0.25) is 0 Å². The van der Waals surface area contributed by atoms with E-state index in [1.807, 2.05) is 0 Å². The average Bonchev–Trinajstić information content (AvgIpc) is 2.99. The molecule has 1 atom stereocenters. The van der Waals surface area contributed by atoms with Crippen molar-refractivity contribution in [1.29, 1.82) is 0 Å². The van der Waals surface area contributed by atoms with Gasteiger partial charge in [-0.3, -0.25) is 19.4 Å². The molecule has 2 aliphatic heterocycles. The molecule has 3 fully saturated rings. The minimum Gasteiger partial charge on any atom is -0.379 e. The summed E-state index contributed by atoms with van der Waals surface area (Å²) < 4.78 is 5.30. The molecule has 3 aliphatic rings. The predicted molar refractivity (Wildman–Crippen MR) is 64.9 cm³/mol. The van der Waals surface area contributed by atoms with Crippen LogP contribution in [-0.2, 0) is 14.3 Å². The normalized spacial score (nSPS) is 31.6. The van der Waals surface area contributed by atoms with Crippen LogP contribution in [0.3, 0.4) is 0 Å². The Kier molecular flexibility index (Phi) is 3.35. The highest BCUT2D eigenvalue weighted by Gasteiger charge is 2.45. The molecular weight excluding hydrogens is 232 g/mol.